The van der Waals surface area contributed by atoms with Gasteiger partial charge in [0.1, 0.15) is 4.21 Å². The van der Waals surface area contributed by atoms with Gasteiger partial charge in [0.25, 0.3) is 10.0 Å². The number of hydrogen-bond donors (Lipinski definition) is 1. The van der Waals surface area contributed by atoms with Gasteiger partial charge in [-0.3, -0.25) is 4.79 Å². The van der Waals surface area contributed by atoms with E-state index in [0.29, 0.717) is 19.6 Å². The summed E-state index contributed by atoms with van der Waals surface area (Å²) >= 11 is 4.44. The van der Waals surface area contributed by atoms with E-state index in [0.717, 1.165) is 25.0 Å². The third-order valence-electron chi connectivity index (χ3n) is 2.71. The van der Waals surface area contributed by atoms with E-state index in [1.807, 2.05) is 6.92 Å². The van der Waals surface area contributed by atoms with E-state index in [2.05, 4.69) is 21.2 Å². The molecule has 0 aliphatic carbocycles. The Hall–Kier alpha value is -0.480. The van der Waals surface area contributed by atoms with Gasteiger partial charge in [-0.2, -0.15) is 4.31 Å². The summed E-state index contributed by atoms with van der Waals surface area (Å²) < 4.78 is 31.6. The van der Waals surface area contributed by atoms with Gasteiger partial charge >= 0.3 is 0 Å². The van der Waals surface area contributed by atoms with Gasteiger partial charge in [-0.15, -0.1) is 11.3 Å². The van der Waals surface area contributed by atoms with Crippen molar-refractivity contribution < 1.29 is 17.9 Å². The predicted molar refractivity (Wildman–Crippen MR) is 86.1 cm³/mol. The number of ether oxygens (including phenoxy) is 1. The van der Waals surface area contributed by atoms with Gasteiger partial charge in [0.15, 0.2) is 0 Å². The molecule has 0 spiro atoms. The highest BCUT2D eigenvalue weighted by molar-refractivity contribution is 9.11. The number of methoxy groups -OCH3 is 1. The summed E-state index contributed by atoms with van der Waals surface area (Å²) in [5.41, 5.74) is 0.857. The SMILES string of the molecule is COCCCNC(=O)CN(C)S(=O)(=O)c1cc(C)c(Br)s1. The van der Waals surface area contributed by atoms with E-state index in [1.165, 1.54) is 7.05 Å². The smallest absolute Gasteiger partial charge is 0.252 e. The molecule has 0 bridgehead atoms. The topological polar surface area (TPSA) is 75.7 Å². The van der Waals surface area contributed by atoms with Crippen molar-refractivity contribution in [2.75, 3.05) is 33.9 Å². The quantitative estimate of drug-likeness (QED) is 0.674. The molecule has 0 radical (unpaired) electrons. The van der Waals surface area contributed by atoms with Crippen molar-refractivity contribution in [3.8, 4) is 0 Å². The van der Waals surface area contributed by atoms with E-state index < -0.39 is 10.0 Å². The Balaban J connectivity index is 2.61. The number of nitrogens with one attached hydrogen (secondary N) is 1. The maximum Gasteiger partial charge on any atom is 0.252 e. The minimum absolute atomic E-state index is 0.204. The molecule has 0 saturated carbocycles. The van der Waals surface area contributed by atoms with E-state index in [9.17, 15) is 13.2 Å². The highest BCUT2D eigenvalue weighted by Crippen LogP contribution is 2.31. The van der Waals surface area contributed by atoms with Crippen molar-refractivity contribution in [2.45, 2.75) is 17.6 Å². The summed E-state index contributed by atoms with van der Waals surface area (Å²) in [5.74, 6) is -0.329. The van der Waals surface area contributed by atoms with E-state index >= 15 is 0 Å². The largest absolute Gasteiger partial charge is 0.385 e. The number of likely N-dealkylation sites (N-methyl/N-ethyl adjacent to an activating group) is 1. The van der Waals surface area contributed by atoms with Crippen molar-refractivity contribution in [1.29, 1.82) is 0 Å². The maximum atomic E-state index is 12.3. The van der Waals surface area contributed by atoms with Gasteiger partial charge < -0.3 is 10.1 Å². The van der Waals surface area contributed by atoms with Crippen LogP contribution in [0.3, 0.4) is 0 Å². The van der Waals surface area contributed by atoms with Crippen LogP contribution in [0, 0.1) is 6.92 Å². The van der Waals surface area contributed by atoms with Crippen LogP contribution >= 0.6 is 27.3 Å². The first-order valence-corrected chi connectivity index (χ1v) is 9.32. The Labute approximate surface area is 137 Å². The molecule has 6 nitrogen and oxygen atoms in total. The number of nitrogens with zero attached hydrogens (tertiary/aromatic N) is 1. The summed E-state index contributed by atoms with van der Waals surface area (Å²) in [7, 11) is -0.652. The Bertz CT molecular complexity index is 567. The molecule has 0 atom stereocenters. The van der Waals surface area contributed by atoms with Gasteiger partial charge in [-0.05, 0) is 40.9 Å². The molecule has 0 aromatic carbocycles. The van der Waals surface area contributed by atoms with Gasteiger partial charge in [-0.1, -0.05) is 0 Å². The number of carbonyl (C=O) groups is 1. The van der Waals surface area contributed by atoms with Crippen molar-refractivity contribution >= 4 is 43.2 Å². The van der Waals surface area contributed by atoms with Gasteiger partial charge in [0, 0.05) is 27.3 Å². The molecule has 0 aliphatic heterocycles. The number of sulfonamides is 1. The number of amides is 1. The van der Waals surface area contributed by atoms with Crippen LogP contribution in [0.15, 0.2) is 14.1 Å². The Morgan fingerprint density at radius 2 is 2.19 bits per heavy atom. The fourth-order valence-electron chi connectivity index (χ4n) is 1.50. The minimum Gasteiger partial charge on any atom is -0.385 e. The van der Waals surface area contributed by atoms with Crippen molar-refractivity contribution in [3.05, 3.63) is 15.4 Å². The lowest BCUT2D eigenvalue weighted by Crippen LogP contribution is -2.38. The second-order valence-electron chi connectivity index (χ2n) is 4.48. The van der Waals surface area contributed by atoms with Crippen molar-refractivity contribution in [3.63, 3.8) is 0 Å². The first kappa shape index (κ1) is 18.6. The Kier molecular flexibility index (Phi) is 7.28. The fraction of sp³-hybridized carbons (Fsp3) is 0.583. The molecule has 1 amide bonds. The number of aryl methyl sites for hydroxylation is 1. The van der Waals surface area contributed by atoms with Crippen LogP contribution in [-0.2, 0) is 19.6 Å². The zero-order chi connectivity index (χ0) is 16.0. The molecule has 1 aromatic heterocycles. The van der Waals surface area contributed by atoms with Gasteiger partial charge in [0.05, 0.1) is 10.3 Å². The minimum atomic E-state index is -3.63. The molecular formula is C12H19BrN2O4S2. The zero-order valence-corrected chi connectivity index (χ0v) is 15.4. The molecule has 1 N–H and O–H groups in total. The second-order valence-corrected chi connectivity index (χ2v) is 9.12. The van der Waals surface area contributed by atoms with Gasteiger partial charge in [-0.25, -0.2) is 8.42 Å². The van der Waals surface area contributed by atoms with Crippen LogP contribution in [0.1, 0.15) is 12.0 Å². The average molecular weight is 399 g/mol. The molecular weight excluding hydrogens is 380 g/mol. The van der Waals surface area contributed by atoms with Crippen LogP contribution in [0.5, 0.6) is 0 Å². The monoisotopic (exact) mass is 398 g/mol. The molecule has 1 heterocycles. The number of thiophene rings is 1. The summed E-state index contributed by atoms with van der Waals surface area (Å²) in [6, 6.07) is 1.59. The summed E-state index contributed by atoms with van der Waals surface area (Å²) in [6.45, 7) is 2.63. The second kappa shape index (κ2) is 8.23. The maximum absolute atomic E-state index is 12.3. The molecule has 0 fully saturated rings. The van der Waals surface area contributed by atoms with Crippen LogP contribution in [0.4, 0.5) is 0 Å². The van der Waals surface area contributed by atoms with Crippen LogP contribution < -0.4 is 5.32 Å². The van der Waals surface area contributed by atoms with Crippen LogP contribution in [0.25, 0.3) is 0 Å². The molecule has 0 aliphatic rings. The molecule has 0 saturated heterocycles. The molecule has 1 rings (SSSR count). The van der Waals surface area contributed by atoms with Crippen LogP contribution in [0.2, 0.25) is 0 Å². The van der Waals surface area contributed by atoms with Gasteiger partial charge in [0.2, 0.25) is 5.91 Å². The number of carbonyl (C=O) groups excluding carboxylic acids is 1. The van der Waals surface area contributed by atoms with E-state index in [-0.39, 0.29) is 16.7 Å². The van der Waals surface area contributed by atoms with Crippen molar-refractivity contribution in [2.24, 2.45) is 0 Å². The average Bonchev–Trinajstić information content (AvgIpc) is 2.75. The standard InChI is InChI=1S/C12H19BrN2O4S2/c1-9-7-11(20-12(9)13)21(17,18)15(2)8-10(16)14-5-4-6-19-3/h7H,4-6,8H2,1-3H3,(H,14,16). The highest BCUT2D eigenvalue weighted by atomic mass is 79.9. The lowest BCUT2D eigenvalue weighted by Gasteiger charge is -2.15. The summed E-state index contributed by atoms with van der Waals surface area (Å²) in [6.07, 6.45) is 0.690. The predicted octanol–water partition coefficient (Wildman–Crippen LogP) is 1.59. The number of rotatable bonds is 8. The first-order chi connectivity index (χ1) is 9.78. The van der Waals surface area contributed by atoms with E-state index in [1.54, 1.807) is 13.2 Å². The molecule has 120 valence electrons. The van der Waals surface area contributed by atoms with E-state index in [4.69, 9.17) is 4.74 Å². The molecule has 1 aromatic rings. The molecule has 21 heavy (non-hydrogen) atoms. The Morgan fingerprint density at radius 3 is 2.71 bits per heavy atom. The van der Waals surface area contributed by atoms with Crippen LogP contribution in [-0.4, -0.2) is 52.5 Å². The first-order valence-electron chi connectivity index (χ1n) is 6.27. The number of hydrogen-bond acceptors (Lipinski definition) is 5. The third-order valence-corrected chi connectivity index (χ3v) is 7.10. The molecule has 0 unspecified atom stereocenters. The lowest BCUT2D eigenvalue weighted by molar-refractivity contribution is -0.121. The lowest BCUT2D eigenvalue weighted by atomic mass is 10.4. The normalized spacial score (nSPS) is 11.9. The summed E-state index contributed by atoms with van der Waals surface area (Å²) in [5, 5.41) is 2.66. The van der Waals surface area contributed by atoms with Crippen molar-refractivity contribution in [1.82, 2.24) is 9.62 Å². The third kappa shape index (κ3) is 5.33. The number of halogens is 1. The zero-order valence-electron chi connectivity index (χ0n) is 12.2. The molecule has 9 heteroatoms. The summed E-state index contributed by atoms with van der Waals surface area (Å²) in [4.78, 5) is 11.7. The highest BCUT2D eigenvalue weighted by Gasteiger charge is 2.25. The Morgan fingerprint density at radius 1 is 1.52 bits per heavy atom. The fourth-order valence-corrected chi connectivity index (χ4v) is 5.06.